The van der Waals surface area contributed by atoms with E-state index in [-0.39, 0.29) is 0 Å². The Hall–Kier alpha value is -1.09. The van der Waals surface area contributed by atoms with Gasteiger partial charge in [-0.1, -0.05) is 6.92 Å². The molecule has 0 saturated carbocycles. The van der Waals surface area contributed by atoms with Crippen LogP contribution in [0.4, 0.5) is 5.82 Å². The Kier molecular flexibility index (Phi) is 3.78. The fourth-order valence-corrected chi connectivity index (χ4v) is 2.19. The van der Waals surface area contributed by atoms with Crippen molar-refractivity contribution >= 4 is 5.82 Å². The number of hydrogen-bond donors (Lipinski definition) is 1. The van der Waals surface area contributed by atoms with Crippen LogP contribution in [0.5, 0.6) is 0 Å². The summed E-state index contributed by atoms with van der Waals surface area (Å²) in [5, 5.41) is 3.08. The Balaban J connectivity index is 1.93. The number of rotatable bonds is 3. The van der Waals surface area contributed by atoms with Gasteiger partial charge in [0.1, 0.15) is 5.82 Å². The third-order valence-corrected chi connectivity index (χ3v) is 3.36. The van der Waals surface area contributed by atoms with Gasteiger partial charge in [-0.25, -0.2) is 4.98 Å². The molecular formula is C13H21N3. The van der Waals surface area contributed by atoms with Crippen molar-refractivity contribution in [3.8, 4) is 0 Å². The highest BCUT2D eigenvalue weighted by molar-refractivity contribution is 5.36. The Morgan fingerprint density at radius 2 is 2.19 bits per heavy atom. The summed E-state index contributed by atoms with van der Waals surface area (Å²) in [6.07, 6.45) is 4.56. The van der Waals surface area contributed by atoms with Crippen LogP contribution in [0.1, 0.15) is 25.3 Å². The standard InChI is InChI=1S/C13H21N3/c1-11-4-7-16(8-5-11)10-12-3-6-15-13(9-12)14-2/h3,6,9,11H,4-5,7-8,10H2,1-2H3,(H,14,15). The van der Waals surface area contributed by atoms with E-state index in [1.54, 1.807) is 0 Å². The molecule has 1 saturated heterocycles. The molecule has 0 radical (unpaired) electrons. The summed E-state index contributed by atoms with van der Waals surface area (Å²) in [4.78, 5) is 6.77. The van der Waals surface area contributed by atoms with Crippen molar-refractivity contribution in [2.75, 3.05) is 25.5 Å². The van der Waals surface area contributed by atoms with Crippen molar-refractivity contribution in [1.82, 2.24) is 9.88 Å². The third-order valence-electron chi connectivity index (χ3n) is 3.36. The van der Waals surface area contributed by atoms with Crippen LogP contribution in [-0.4, -0.2) is 30.0 Å². The van der Waals surface area contributed by atoms with Gasteiger partial charge in [-0.05, 0) is 49.5 Å². The smallest absolute Gasteiger partial charge is 0.125 e. The first-order chi connectivity index (χ1) is 7.78. The zero-order valence-electron chi connectivity index (χ0n) is 10.2. The summed E-state index contributed by atoms with van der Waals surface area (Å²) in [5.74, 6) is 1.87. The number of nitrogens with zero attached hydrogens (tertiary/aromatic N) is 2. The van der Waals surface area contributed by atoms with Crippen molar-refractivity contribution in [2.45, 2.75) is 26.3 Å². The molecule has 1 aliphatic heterocycles. The van der Waals surface area contributed by atoms with Gasteiger partial charge in [-0.15, -0.1) is 0 Å². The molecule has 1 aromatic heterocycles. The van der Waals surface area contributed by atoms with E-state index in [2.05, 4.69) is 34.3 Å². The van der Waals surface area contributed by atoms with Gasteiger partial charge >= 0.3 is 0 Å². The lowest BCUT2D eigenvalue weighted by atomic mass is 9.99. The number of nitrogens with one attached hydrogen (secondary N) is 1. The minimum absolute atomic E-state index is 0.904. The van der Waals surface area contributed by atoms with E-state index in [1.165, 1.54) is 31.5 Å². The normalized spacial score (nSPS) is 18.6. The minimum Gasteiger partial charge on any atom is -0.373 e. The van der Waals surface area contributed by atoms with Crippen LogP contribution < -0.4 is 5.32 Å². The summed E-state index contributed by atoms with van der Waals surface area (Å²) in [6, 6.07) is 4.25. The minimum atomic E-state index is 0.904. The zero-order valence-corrected chi connectivity index (χ0v) is 10.2. The number of likely N-dealkylation sites (tertiary alicyclic amines) is 1. The van der Waals surface area contributed by atoms with Crippen LogP contribution in [0.2, 0.25) is 0 Å². The van der Waals surface area contributed by atoms with Gasteiger partial charge in [-0.2, -0.15) is 0 Å². The highest BCUT2D eigenvalue weighted by Crippen LogP contribution is 2.18. The fourth-order valence-electron chi connectivity index (χ4n) is 2.19. The second-order valence-corrected chi connectivity index (χ2v) is 4.76. The van der Waals surface area contributed by atoms with Crippen LogP contribution in [0.3, 0.4) is 0 Å². The second-order valence-electron chi connectivity index (χ2n) is 4.76. The molecule has 1 N–H and O–H groups in total. The van der Waals surface area contributed by atoms with E-state index in [0.29, 0.717) is 0 Å². The summed E-state index contributed by atoms with van der Waals surface area (Å²) in [5.41, 5.74) is 1.36. The van der Waals surface area contributed by atoms with Crippen LogP contribution >= 0.6 is 0 Å². The van der Waals surface area contributed by atoms with Gasteiger partial charge in [0.15, 0.2) is 0 Å². The predicted molar refractivity (Wildman–Crippen MR) is 67.5 cm³/mol. The van der Waals surface area contributed by atoms with Gasteiger partial charge in [0, 0.05) is 19.8 Å². The lowest BCUT2D eigenvalue weighted by molar-refractivity contribution is 0.185. The highest BCUT2D eigenvalue weighted by atomic mass is 15.1. The molecule has 1 aromatic rings. The third kappa shape index (κ3) is 2.95. The quantitative estimate of drug-likeness (QED) is 0.846. The maximum atomic E-state index is 4.23. The van der Waals surface area contributed by atoms with Crippen LogP contribution in [0, 0.1) is 5.92 Å². The Bertz CT molecular complexity index is 330. The second kappa shape index (κ2) is 5.30. The molecule has 16 heavy (non-hydrogen) atoms. The zero-order chi connectivity index (χ0) is 11.4. The van der Waals surface area contributed by atoms with Crippen LogP contribution in [0.15, 0.2) is 18.3 Å². The average molecular weight is 219 g/mol. The first-order valence-electron chi connectivity index (χ1n) is 6.13. The van der Waals surface area contributed by atoms with Gasteiger partial charge in [0.25, 0.3) is 0 Å². The molecule has 1 fully saturated rings. The number of anilines is 1. The maximum absolute atomic E-state index is 4.23. The molecule has 1 aliphatic rings. The Morgan fingerprint density at radius 1 is 1.44 bits per heavy atom. The van der Waals surface area contributed by atoms with Crippen molar-refractivity contribution in [3.05, 3.63) is 23.9 Å². The predicted octanol–water partition coefficient (Wildman–Crippen LogP) is 2.36. The number of piperidine rings is 1. The molecule has 3 nitrogen and oxygen atoms in total. The molecule has 2 heterocycles. The molecule has 0 unspecified atom stereocenters. The van der Waals surface area contributed by atoms with Crippen molar-refractivity contribution < 1.29 is 0 Å². The average Bonchev–Trinajstić information content (AvgIpc) is 2.32. The molecule has 2 rings (SSSR count). The Morgan fingerprint density at radius 3 is 2.88 bits per heavy atom. The molecule has 88 valence electrons. The molecule has 0 aliphatic carbocycles. The summed E-state index contributed by atoms with van der Waals surface area (Å²) in [7, 11) is 1.91. The topological polar surface area (TPSA) is 28.2 Å². The van der Waals surface area contributed by atoms with Crippen LogP contribution in [0.25, 0.3) is 0 Å². The number of hydrogen-bond acceptors (Lipinski definition) is 3. The summed E-state index contributed by atoms with van der Waals surface area (Å²) in [6.45, 7) is 5.88. The van der Waals surface area contributed by atoms with Gasteiger partial charge in [0.2, 0.25) is 0 Å². The fraction of sp³-hybridized carbons (Fsp3) is 0.615. The molecule has 0 aromatic carbocycles. The first-order valence-corrected chi connectivity index (χ1v) is 6.13. The van der Waals surface area contributed by atoms with Crippen molar-refractivity contribution in [2.24, 2.45) is 5.92 Å². The monoisotopic (exact) mass is 219 g/mol. The molecule has 0 spiro atoms. The largest absolute Gasteiger partial charge is 0.373 e. The highest BCUT2D eigenvalue weighted by Gasteiger charge is 2.15. The molecule has 0 bridgehead atoms. The van der Waals surface area contributed by atoms with Gasteiger partial charge in [-0.3, -0.25) is 4.90 Å². The van der Waals surface area contributed by atoms with E-state index < -0.39 is 0 Å². The van der Waals surface area contributed by atoms with Crippen LogP contribution in [-0.2, 0) is 6.54 Å². The molecule has 0 amide bonds. The SMILES string of the molecule is CNc1cc(CN2CCC(C)CC2)ccn1. The molecular weight excluding hydrogens is 198 g/mol. The lowest BCUT2D eigenvalue weighted by Gasteiger charge is -2.30. The maximum Gasteiger partial charge on any atom is 0.125 e. The van der Waals surface area contributed by atoms with E-state index in [0.717, 1.165) is 18.3 Å². The van der Waals surface area contributed by atoms with Gasteiger partial charge in [0.05, 0.1) is 0 Å². The molecule has 3 heteroatoms. The lowest BCUT2D eigenvalue weighted by Crippen LogP contribution is -2.32. The van der Waals surface area contributed by atoms with Crippen molar-refractivity contribution in [3.63, 3.8) is 0 Å². The summed E-state index contributed by atoms with van der Waals surface area (Å²) < 4.78 is 0. The Labute approximate surface area is 97.9 Å². The van der Waals surface area contributed by atoms with E-state index in [1.807, 2.05) is 13.2 Å². The van der Waals surface area contributed by atoms with Crippen molar-refractivity contribution in [1.29, 1.82) is 0 Å². The van der Waals surface area contributed by atoms with Gasteiger partial charge < -0.3 is 5.32 Å². The van der Waals surface area contributed by atoms with E-state index in [9.17, 15) is 0 Å². The molecule has 0 atom stereocenters. The number of pyridine rings is 1. The van der Waals surface area contributed by atoms with E-state index in [4.69, 9.17) is 0 Å². The summed E-state index contributed by atoms with van der Waals surface area (Å²) >= 11 is 0. The first kappa shape index (κ1) is 11.4. The number of aromatic nitrogens is 1. The van der Waals surface area contributed by atoms with E-state index >= 15 is 0 Å².